The summed E-state index contributed by atoms with van der Waals surface area (Å²) >= 11 is 1.52. The van der Waals surface area contributed by atoms with Crippen LogP contribution in [0.3, 0.4) is 0 Å². The first kappa shape index (κ1) is 11.8. The number of hydrogen-bond donors (Lipinski definition) is 3. The normalized spacial score (nSPS) is 13.9. The minimum absolute atomic E-state index is 0.0123. The average Bonchev–Trinajstić information content (AvgIpc) is 2.29. The van der Waals surface area contributed by atoms with Crippen LogP contribution in [0.5, 0.6) is 0 Å². The van der Waals surface area contributed by atoms with Crippen molar-refractivity contribution in [1.29, 1.82) is 0 Å². The summed E-state index contributed by atoms with van der Waals surface area (Å²) in [6.07, 6.45) is 1.63. The topological polar surface area (TPSA) is 91.7 Å². The fraction of sp³-hybridized carbons (Fsp3) is 0.333. The molecule has 1 atom stereocenters. The molecule has 1 rings (SSSR count). The Labute approximate surface area is 92.0 Å². The Balaban J connectivity index is 2.72. The molecule has 0 saturated carbocycles. The van der Waals surface area contributed by atoms with Gasteiger partial charge in [-0.05, 0) is 12.1 Å². The second-order valence-corrected chi connectivity index (χ2v) is 4.49. The first-order chi connectivity index (χ1) is 7.17. The van der Waals surface area contributed by atoms with E-state index in [-0.39, 0.29) is 17.7 Å². The molecule has 0 aliphatic carbocycles. The number of rotatable bonds is 4. The zero-order chi connectivity index (χ0) is 11.3. The van der Waals surface area contributed by atoms with Crippen LogP contribution in [-0.2, 0) is 0 Å². The molecule has 1 aromatic heterocycles. The highest BCUT2D eigenvalue weighted by Gasteiger charge is 2.04. The summed E-state index contributed by atoms with van der Waals surface area (Å²) in [6, 6.07) is 3.48. The first-order valence-corrected chi connectivity index (χ1v) is 5.26. The van der Waals surface area contributed by atoms with Crippen LogP contribution in [-0.4, -0.2) is 33.0 Å². The van der Waals surface area contributed by atoms with E-state index in [0.29, 0.717) is 5.69 Å². The molecule has 0 saturated heterocycles. The first-order valence-electron chi connectivity index (χ1n) is 4.39. The minimum Gasteiger partial charge on any atom is -0.409 e. The predicted octanol–water partition coefficient (Wildman–Crippen LogP) is 0.649. The number of thioether (sulfide) groups is 1. The van der Waals surface area contributed by atoms with Crippen molar-refractivity contribution >= 4 is 17.6 Å². The van der Waals surface area contributed by atoms with Gasteiger partial charge in [-0.2, -0.15) is 0 Å². The Morgan fingerprint density at radius 3 is 2.87 bits per heavy atom. The maximum atomic E-state index is 8.86. The van der Waals surface area contributed by atoms with Gasteiger partial charge in [0.05, 0.1) is 6.61 Å². The number of oxime groups is 1. The SMILES string of the molecule is CC(CO)Sc1ccc(/C(N)=N/O)nc1. The molecule has 0 radical (unpaired) electrons. The van der Waals surface area contributed by atoms with Crippen molar-refractivity contribution in [1.82, 2.24) is 4.98 Å². The van der Waals surface area contributed by atoms with E-state index in [4.69, 9.17) is 16.0 Å². The Kier molecular flexibility index (Phi) is 4.38. The maximum Gasteiger partial charge on any atom is 0.188 e. The molecule has 15 heavy (non-hydrogen) atoms. The second-order valence-electron chi connectivity index (χ2n) is 2.98. The predicted molar refractivity (Wildman–Crippen MR) is 59.2 cm³/mol. The number of pyridine rings is 1. The fourth-order valence-electron chi connectivity index (χ4n) is 0.922. The lowest BCUT2D eigenvalue weighted by molar-refractivity contribution is 0.300. The molecule has 0 bridgehead atoms. The molecule has 1 heterocycles. The van der Waals surface area contributed by atoms with Crippen molar-refractivity contribution < 1.29 is 10.3 Å². The van der Waals surface area contributed by atoms with Gasteiger partial charge in [0, 0.05) is 16.3 Å². The van der Waals surface area contributed by atoms with E-state index in [1.54, 1.807) is 12.3 Å². The lowest BCUT2D eigenvalue weighted by atomic mass is 10.3. The van der Waals surface area contributed by atoms with Gasteiger partial charge < -0.3 is 16.0 Å². The van der Waals surface area contributed by atoms with Crippen LogP contribution < -0.4 is 5.73 Å². The zero-order valence-electron chi connectivity index (χ0n) is 8.29. The van der Waals surface area contributed by atoms with E-state index in [9.17, 15) is 0 Å². The molecule has 4 N–H and O–H groups in total. The molecule has 6 heteroatoms. The third-order valence-electron chi connectivity index (χ3n) is 1.70. The summed E-state index contributed by atoms with van der Waals surface area (Å²) in [4.78, 5) is 4.95. The third kappa shape index (κ3) is 3.41. The smallest absolute Gasteiger partial charge is 0.188 e. The van der Waals surface area contributed by atoms with E-state index in [1.165, 1.54) is 11.8 Å². The molecule has 0 aliphatic heterocycles. The Morgan fingerprint density at radius 1 is 1.67 bits per heavy atom. The fourth-order valence-corrected chi connectivity index (χ4v) is 1.72. The Hall–Kier alpha value is -1.27. The summed E-state index contributed by atoms with van der Waals surface area (Å²) < 4.78 is 0. The molecule has 5 nitrogen and oxygen atoms in total. The molecule has 1 unspecified atom stereocenters. The molecule has 0 amide bonds. The molecular formula is C9H13N3O2S. The van der Waals surface area contributed by atoms with Crippen molar-refractivity contribution in [2.45, 2.75) is 17.1 Å². The van der Waals surface area contributed by atoms with E-state index in [1.807, 2.05) is 13.0 Å². The zero-order valence-corrected chi connectivity index (χ0v) is 9.11. The van der Waals surface area contributed by atoms with E-state index in [0.717, 1.165) is 4.90 Å². The van der Waals surface area contributed by atoms with Crippen LogP contribution in [0.25, 0.3) is 0 Å². The highest BCUT2D eigenvalue weighted by molar-refractivity contribution is 8.00. The number of amidine groups is 1. The van der Waals surface area contributed by atoms with Crippen LogP contribution in [0, 0.1) is 0 Å². The van der Waals surface area contributed by atoms with Crippen LogP contribution in [0.1, 0.15) is 12.6 Å². The quantitative estimate of drug-likeness (QED) is 0.231. The van der Waals surface area contributed by atoms with Crippen LogP contribution in [0.15, 0.2) is 28.4 Å². The molecule has 0 fully saturated rings. The summed E-state index contributed by atoms with van der Waals surface area (Å²) in [5.41, 5.74) is 5.79. The number of aromatic nitrogens is 1. The second kappa shape index (κ2) is 5.57. The highest BCUT2D eigenvalue weighted by Crippen LogP contribution is 2.21. The van der Waals surface area contributed by atoms with Gasteiger partial charge in [-0.25, -0.2) is 0 Å². The van der Waals surface area contributed by atoms with Crippen molar-refractivity contribution in [3.8, 4) is 0 Å². The Bertz CT molecular complexity index is 340. The molecule has 0 spiro atoms. The molecule has 82 valence electrons. The number of nitrogens with two attached hydrogens (primary N) is 1. The van der Waals surface area contributed by atoms with Crippen molar-refractivity contribution in [3.05, 3.63) is 24.0 Å². The van der Waals surface area contributed by atoms with Crippen LogP contribution >= 0.6 is 11.8 Å². The van der Waals surface area contributed by atoms with Gasteiger partial charge in [-0.3, -0.25) is 4.98 Å². The highest BCUT2D eigenvalue weighted by atomic mass is 32.2. The largest absolute Gasteiger partial charge is 0.409 e. The monoisotopic (exact) mass is 227 g/mol. The maximum absolute atomic E-state index is 8.86. The van der Waals surface area contributed by atoms with E-state index in [2.05, 4.69) is 10.1 Å². The number of hydrogen-bond acceptors (Lipinski definition) is 5. The van der Waals surface area contributed by atoms with Gasteiger partial charge in [0.15, 0.2) is 5.84 Å². The van der Waals surface area contributed by atoms with Crippen molar-refractivity contribution in [2.24, 2.45) is 10.9 Å². The van der Waals surface area contributed by atoms with Gasteiger partial charge in [0.1, 0.15) is 5.69 Å². The van der Waals surface area contributed by atoms with Crippen LogP contribution in [0.2, 0.25) is 0 Å². The van der Waals surface area contributed by atoms with Gasteiger partial charge in [-0.15, -0.1) is 11.8 Å². The summed E-state index contributed by atoms with van der Waals surface area (Å²) in [5.74, 6) is -0.0123. The van der Waals surface area contributed by atoms with Crippen LogP contribution in [0.4, 0.5) is 0 Å². The standard InChI is InChI=1S/C9H13N3O2S/c1-6(5-13)15-7-2-3-8(11-4-7)9(10)12-14/h2-4,6,13-14H,5H2,1H3,(H2,10,12). The van der Waals surface area contributed by atoms with E-state index >= 15 is 0 Å². The number of aliphatic hydroxyl groups excluding tert-OH is 1. The molecular weight excluding hydrogens is 214 g/mol. The number of nitrogens with zero attached hydrogens (tertiary/aromatic N) is 2. The molecule has 1 aromatic rings. The van der Waals surface area contributed by atoms with Gasteiger partial charge >= 0.3 is 0 Å². The molecule has 0 aliphatic rings. The molecule has 0 aromatic carbocycles. The third-order valence-corrected chi connectivity index (χ3v) is 2.77. The lowest BCUT2D eigenvalue weighted by Crippen LogP contribution is -2.14. The number of aliphatic hydroxyl groups is 1. The van der Waals surface area contributed by atoms with Gasteiger partial charge in [0.2, 0.25) is 0 Å². The van der Waals surface area contributed by atoms with Gasteiger partial charge in [0.25, 0.3) is 0 Å². The Morgan fingerprint density at radius 2 is 2.40 bits per heavy atom. The van der Waals surface area contributed by atoms with E-state index < -0.39 is 0 Å². The average molecular weight is 227 g/mol. The summed E-state index contributed by atoms with van der Waals surface area (Å²) in [7, 11) is 0. The lowest BCUT2D eigenvalue weighted by Gasteiger charge is -2.07. The minimum atomic E-state index is -0.0123. The van der Waals surface area contributed by atoms with Crippen molar-refractivity contribution in [2.75, 3.05) is 6.61 Å². The summed E-state index contributed by atoms with van der Waals surface area (Å²) in [5, 5.41) is 20.3. The summed E-state index contributed by atoms with van der Waals surface area (Å²) in [6.45, 7) is 2.04. The van der Waals surface area contributed by atoms with Crippen molar-refractivity contribution in [3.63, 3.8) is 0 Å². The van der Waals surface area contributed by atoms with Gasteiger partial charge in [-0.1, -0.05) is 12.1 Å².